The third-order valence-corrected chi connectivity index (χ3v) is 4.82. The first-order valence-corrected chi connectivity index (χ1v) is 8.98. The number of imidazole rings is 1. The number of aliphatic hydroxyl groups excluding tert-OH is 3. The number of aromatic nitrogens is 4. The van der Waals surface area contributed by atoms with Crippen molar-refractivity contribution in [2.75, 3.05) is 24.2 Å². The van der Waals surface area contributed by atoms with Gasteiger partial charge in [0, 0.05) is 6.54 Å². The number of benzene rings is 1. The number of hydrogen-bond acceptors (Lipinski definition) is 9. The molecule has 0 aliphatic carbocycles. The summed E-state index contributed by atoms with van der Waals surface area (Å²) < 4.78 is 7.21. The molecule has 10 nitrogen and oxygen atoms in total. The Morgan fingerprint density at radius 3 is 2.64 bits per heavy atom. The van der Waals surface area contributed by atoms with Crippen LogP contribution in [0.2, 0.25) is 0 Å². The van der Waals surface area contributed by atoms with Gasteiger partial charge in [-0.3, -0.25) is 4.57 Å². The topological polar surface area (TPSA) is 152 Å². The molecule has 0 unspecified atom stereocenters. The van der Waals surface area contributed by atoms with E-state index in [1.54, 1.807) is 4.57 Å². The molecule has 4 atom stereocenters. The van der Waals surface area contributed by atoms with Crippen LogP contribution in [0, 0.1) is 0 Å². The Morgan fingerprint density at radius 1 is 1.14 bits per heavy atom. The molecule has 3 aromatic rings. The van der Waals surface area contributed by atoms with Crippen molar-refractivity contribution in [2.24, 2.45) is 0 Å². The molecule has 28 heavy (non-hydrogen) atoms. The number of nitrogens with zero attached hydrogens (tertiary/aromatic N) is 4. The summed E-state index contributed by atoms with van der Waals surface area (Å²) in [5, 5.41) is 33.2. The first-order chi connectivity index (χ1) is 13.6. The average molecular weight is 386 g/mol. The van der Waals surface area contributed by atoms with E-state index in [1.807, 2.05) is 30.3 Å². The maximum Gasteiger partial charge on any atom is 0.207 e. The van der Waals surface area contributed by atoms with Crippen LogP contribution in [-0.2, 0) is 11.2 Å². The van der Waals surface area contributed by atoms with E-state index in [1.165, 1.54) is 6.33 Å². The zero-order valence-corrected chi connectivity index (χ0v) is 15.0. The zero-order chi connectivity index (χ0) is 19.7. The molecule has 0 bridgehead atoms. The Hall–Kier alpha value is -2.79. The van der Waals surface area contributed by atoms with Gasteiger partial charge in [-0.1, -0.05) is 30.3 Å². The third-order valence-electron chi connectivity index (χ3n) is 4.82. The second-order valence-electron chi connectivity index (χ2n) is 6.63. The van der Waals surface area contributed by atoms with E-state index < -0.39 is 31.1 Å². The second-order valence-corrected chi connectivity index (χ2v) is 6.63. The molecule has 148 valence electrons. The molecule has 10 heteroatoms. The highest BCUT2D eigenvalue weighted by molar-refractivity contribution is 5.84. The SMILES string of the molecule is Nc1ncnc2c1nc(NCCc1ccccc1)n2[C@@H]1O[C@H](CO)[C@@H](O)[C@H]1O. The number of aliphatic hydroxyl groups is 3. The second kappa shape index (κ2) is 7.68. The van der Waals surface area contributed by atoms with Crippen LogP contribution in [0.15, 0.2) is 36.7 Å². The van der Waals surface area contributed by atoms with E-state index in [-0.39, 0.29) is 5.82 Å². The van der Waals surface area contributed by atoms with Gasteiger partial charge in [0.2, 0.25) is 5.95 Å². The summed E-state index contributed by atoms with van der Waals surface area (Å²) in [4.78, 5) is 12.6. The fourth-order valence-electron chi connectivity index (χ4n) is 3.35. The van der Waals surface area contributed by atoms with Gasteiger partial charge in [-0.25, -0.2) is 15.0 Å². The number of nitrogens with one attached hydrogen (secondary N) is 1. The van der Waals surface area contributed by atoms with Gasteiger partial charge in [0.25, 0.3) is 0 Å². The van der Waals surface area contributed by atoms with Crippen molar-refractivity contribution < 1.29 is 20.1 Å². The van der Waals surface area contributed by atoms with Gasteiger partial charge in [0.05, 0.1) is 6.61 Å². The first-order valence-electron chi connectivity index (χ1n) is 8.98. The quantitative estimate of drug-likeness (QED) is 0.383. The number of nitrogens with two attached hydrogens (primary N) is 1. The molecule has 4 rings (SSSR count). The van der Waals surface area contributed by atoms with Crippen molar-refractivity contribution in [2.45, 2.75) is 31.0 Å². The molecule has 0 spiro atoms. The van der Waals surface area contributed by atoms with E-state index in [0.29, 0.717) is 23.7 Å². The Kier molecular flexibility index (Phi) is 5.09. The van der Waals surface area contributed by atoms with Gasteiger partial charge in [-0.15, -0.1) is 0 Å². The molecule has 0 saturated carbocycles. The number of hydrogen-bond donors (Lipinski definition) is 5. The first kappa shape index (κ1) is 18.6. The average Bonchev–Trinajstić information content (AvgIpc) is 3.21. The highest BCUT2D eigenvalue weighted by Crippen LogP contribution is 2.35. The molecule has 1 aliphatic rings. The molecule has 2 aromatic heterocycles. The lowest BCUT2D eigenvalue weighted by molar-refractivity contribution is -0.0501. The Bertz CT molecular complexity index is 950. The summed E-state index contributed by atoms with van der Waals surface area (Å²) in [6, 6.07) is 9.96. The van der Waals surface area contributed by atoms with E-state index >= 15 is 0 Å². The van der Waals surface area contributed by atoms with Gasteiger partial charge in [-0.05, 0) is 12.0 Å². The largest absolute Gasteiger partial charge is 0.394 e. The van der Waals surface area contributed by atoms with Gasteiger partial charge >= 0.3 is 0 Å². The van der Waals surface area contributed by atoms with Crippen LogP contribution in [0.3, 0.4) is 0 Å². The summed E-state index contributed by atoms with van der Waals surface area (Å²) in [7, 11) is 0. The molecule has 1 saturated heterocycles. The number of nitrogen functional groups attached to an aromatic ring is 1. The van der Waals surface area contributed by atoms with E-state index in [2.05, 4.69) is 20.3 Å². The minimum absolute atomic E-state index is 0.196. The van der Waals surface area contributed by atoms with E-state index in [4.69, 9.17) is 10.5 Å². The molecular formula is C18H22N6O4. The van der Waals surface area contributed by atoms with E-state index in [0.717, 1.165) is 12.0 Å². The molecule has 1 aliphatic heterocycles. The van der Waals surface area contributed by atoms with Crippen LogP contribution in [0.4, 0.5) is 11.8 Å². The minimum atomic E-state index is -1.26. The van der Waals surface area contributed by atoms with Crippen LogP contribution < -0.4 is 11.1 Å². The Labute approximate surface area is 160 Å². The highest BCUT2D eigenvalue weighted by Gasteiger charge is 2.45. The maximum absolute atomic E-state index is 10.5. The highest BCUT2D eigenvalue weighted by atomic mass is 16.6. The molecule has 1 fully saturated rings. The molecule has 3 heterocycles. The normalized spacial score (nSPS) is 24.7. The fourth-order valence-corrected chi connectivity index (χ4v) is 3.35. The maximum atomic E-state index is 10.5. The molecule has 1 aromatic carbocycles. The Morgan fingerprint density at radius 2 is 1.93 bits per heavy atom. The summed E-state index contributed by atoms with van der Waals surface area (Å²) in [5.41, 5.74) is 7.81. The molecular weight excluding hydrogens is 364 g/mol. The van der Waals surface area contributed by atoms with Crippen molar-refractivity contribution >= 4 is 22.9 Å². The molecule has 0 radical (unpaired) electrons. The number of fused-ring (bicyclic) bond motifs is 1. The van der Waals surface area contributed by atoms with Crippen molar-refractivity contribution in [3.05, 3.63) is 42.2 Å². The number of ether oxygens (including phenoxy) is 1. The lowest BCUT2D eigenvalue weighted by Crippen LogP contribution is -2.33. The zero-order valence-electron chi connectivity index (χ0n) is 15.0. The standard InChI is InChI=1S/C18H22N6O4/c19-15-12-16(22-9-21-15)24(17-14(27)13(26)11(8-25)28-17)18(23-12)20-7-6-10-4-2-1-3-5-10/h1-5,9,11,13-14,17,25-27H,6-8H2,(H,20,23)(H2,19,21,22)/t11-,13-,14-,17-/m1/s1. The van der Waals surface area contributed by atoms with Crippen molar-refractivity contribution in [3.8, 4) is 0 Å². The Balaban J connectivity index is 1.66. The van der Waals surface area contributed by atoms with Crippen LogP contribution in [0.1, 0.15) is 11.8 Å². The summed E-state index contributed by atoms with van der Waals surface area (Å²) in [6.45, 7) is 0.144. The third kappa shape index (κ3) is 3.27. The minimum Gasteiger partial charge on any atom is -0.394 e. The van der Waals surface area contributed by atoms with E-state index in [9.17, 15) is 15.3 Å². The van der Waals surface area contributed by atoms with Crippen LogP contribution in [0.5, 0.6) is 0 Å². The number of rotatable bonds is 6. The van der Waals surface area contributed by atoms with Gasteiger partial charge in [0.15, 0.2) is 23.2 Å². The summed E-state index contributed by atoms with van der Waals surface area (Å²) in [5.74, 6) is 0.578. The van der Waals surface area contributed by atoms with Gasteiger partial charge < -0.3 is 31.1 Å². The predicted octanol–water partition coefficient (Wildman–Crippen LogP) is -0.325. The van der Waals surface area contributed by atoms with Gasteiger partial charge in [-0.2, -0.15) is 0 Å². The van der Waals surface area contributed by atoms with Crippen molar-refractivity contribution in [1.82, 2.24) is 19.5 Å². The fraction of sp³-hybridized carbons (Fsp3) is 0.389. The summed E-state index contributed by atoms with van der Waals surface area (Å²) >= 11 is 0. The van der Waals surface area contributed by atoms with Crippen LogP contribution in [0.25, 0.3) is 11.2 Å². The molecule has 6 N–H and O–H groups in total. The van der Waals surface area contributed by atoms with Crippen LogP contribution in [-0.4, -0.2) is 66.3 Å². The smallest absolute Gasteiger partial charge is 0.207 e. The van der Waals surface area contributed by atoms with Crippen LogP contribution >= 0.6 is 0 Å². The van der Waals surface area contributed by atoms with Gasteiger partial charge in [0.1, 0.15) is 24.6 Å². The summed E-state index contributed by atoms with van der Waals surface area (Å²) in [6.07, 6.45) is -2.34. The molecule has 0 amide bonds. The van der Waals surface area contributed by atoms with Crippen molar-refractivity contribution in [1.29, 1.82) is 0 Å². The number of anilines is 2. The predicted molar refractivity (Wildman–Crippen MR) is 101 cm³/mol. The van der Waals surface area contributed by atoms with Crippen molar-refractivity contribution in [3.63, 3.8) is 0 Å². The monoisotopic (exact) mass is 386 g/mol. The lowest BCUT2D eigenvalue weighted by atomic mass is 10.1. The lowest BCUT2D eigenvalue weighted by Gasteiger charge is -2.19.